The maximum Gasteiger partial charge on any atom is 0.168 e. The van der Waals surface area contributed by atoms with Crippen molar-refractivity contribution in [2.45, 2.75) is 31.1 Å². The molecule has 4 heteroatoms. The molecule has 0 radical (unpaired) electrons. The molecule has 1 spiro atoms. The molecule has 1 aromatic rings. The molecule has 15 heavy (non-hydrogen) atoms. The lowest BCUT2D eigenvalue weighted by Gasteiger charge is -2.22. The lowest BCUT2D eigenvalue weighted by molar-refractivity contribution is 0.111. The minimum Gasteiger partial charge on any atom is -0.369 e. The molecule has 78 valence electrons. The summed E-state index contributed by atoms with van der Waals surface area (Å²) < 4.78 is 0. The first kappa shape index (κ1) is 8.83. The Balaban J connectivity index is 2.18. The van der Waals surface area contributed by atoms with Gasteiger partial charge in [0.25, 0.3) is 0 Å². The Hall–Kier alpha value is -1.45. The number of aldehydes is 1. The van der Waals surface area contributed by atoms with Crippen molar-refractivity contribution in [2.75, 3.05) is 11.9 Å². The van der Waals surface area contributed by atoms with E-state index in [4.69, 9.17) is 0 Å². The third-order valence-electron chi connectivity index (χ3n) is 3.67. The molecule has 1 aliphatic heterocycles. The monoisotopic (exact) mass is 203 g/mol. The highest BCUT2D eigenvalue weighted by atomic mass is 16.1. The van der Waals surface area contributed by atoms with Gasteiger partial charge in [0.15, 0.2) is 6.29 Å². The quantitative estimate of drug-likeness (QED) is 0.703. The Morgan fingerprint density at radius 3 is 2.87 bits per heavy atom. The van der Waals surface area contributed by atoms with E-state index >= 15 is 0 Å². The Morgan fingerprint density at radius 1 is 1.33 bits per heavy atom. The average molecular weight is 203 g/mol. The average Bonchev–Trinajstić information content (AvgIpc) is 2.89. The van der Waals surface area contributed by atoms with Crippen LogP contribution in [0.5, 0.6) is 0 Å². The maximum atomic E-state index is 11.0. The summed E-state index contributed by atoms with van der Waals surface area (Å²) in [6, 6.07) is 0. The number of nitrogens with zero attached hydrogens (tertiary/aromatic N) is 2. The lowest BCUT2D eigenvalue weighted by Crippen LogP contribution is -2.25. The van der Waals surface area contributed by atoms with Crippen molar-refractivity contribution < 1.29 is 4.79 Å². The van der Waals surface area contributed by atoms with Gasteiger partial charge in [-0.1, -0.05) is 12.8 Å². The Labute approximate surface area is 88.1 Å². The molecular weight excluding hydrogens is 190 g/mol. The molecule has 2 heterocycles. The van der Waals surface area contributed by atoms with Crippen molar-refractivity contribution in [1.82, 2.24) is 9.97 Å². The Bertz CT molecular complexity index is 410. The Morgan fingerprint density at radius 2 is 2.13 bits per heavy atom. The van der Waals surface area contributed by atoms with Crippen LogP contribution < -0.4 is 5.32 Å². The first-order valence-corrected chi connectivity index (χ1v) is 5.40. The maximum absolute atomic E-state index is 11.0. The zero-order valence-corrected chi connectivity index (χ0v) is 8.49. The van der Waals surface area contributed by atoms with Crippen molar-refractivity contribution >= 4 is 12.1 Å². The van der Waals surface area contributed by atoms with Crippen LogP contribution in [0.1, 0.15) is 41.7 Å². The molecule has 0 amide bonds. The number of rotatable bonds is 1. The van der Waals surface area contributed by atoms with E-state index in [2.05, 4.69) is 15.3 Å². The normalized spacial score (nSPS) is 21.3. The summed E-state index contributed by atoms with van der Waals surface area (Å²) in [5.74, 6) is 0.869. The number of hydrogen-bond acceptors (Lipinski definition) is 4. The van der Waals surface area contributed by atoms with Crippen molar-refractivity contribution in [1.29, 1.82) is 0 Å². The fourth-order valence-electron chi connectivity index (χ4n) is 2.97. The van der Waals surface area contributed by atoms with Gasteiger partial charge in [-0.15, -0.1) is 0 Å². The molecule has 0 saturated heterocycles. The molecule has 0 unspecified atom stereocenters. The molecule has 1 saturated carbocycles. The zero-order valence-electron chi connectivity index (χ0n) is 8.49. The predicted molar refractivity (Wildman–Crippen MR) is 56.1 cm³/mol. The Kier molecular flexibility index (Phi) is 1.78. The smallest absolute Gasteiger partial charge is 0.168 e. The van der Waals surface area contributed by atoms with Crippen LogP contribution in [0.3, 0.4) is 0 Å². The summed E-state index contributed by atoms with van der Waals surface area (Å²) in [6.07, 6.45) is 7.11. The van der Waals surface area contributed by atoms with E-state index in [1.165, 1.54) is 19.2 Å². The van der Waals surface area contributed by atoms with Crippen LogP contribution in [0.25, 0.3) is 0 Å². The van der Waals surface area contributed by atoms with Gasteiger partial charge in [-0.05, 0) is 12.8 Å². The van der Waals surface area contributed by atoms with E-state index in [1.54, 1.807) is 0 Å². The molecule has 3 rings (SSSR count). The van der Waals surface area contributed by atoms with Crippen molar-refractivity contribution in [2.24, 2.45) is 0 Å². The lowest BCUT2D eigenvalue weighted by atomic mass is 9.80. The second kappa shape index (κ2) is 3.02. The van der Waals surface area contributed by atoms with Gasteiger partial charge in [0.1, 0.15) is 17.8 Å². The summed E-state index contributed by atoms with van der Waals surface area (Å²) in [5, 5.41) is 3.30. The molecule has 4 nitrogen and oxygen atoms in total. The highest BCUT2D eigenvalue weighted by Gasteiger charge is 2.43. The molecule has 0 atom stereocenters. The number of carbonyl (C=O) groups excluding carboxylic acids is 1. The van der Waals surface area contributed by atoms with Gasteiger partial charge in [-0.25, -0.2) is 9.97 Å². The number of carbonyl (C=O) groups is 1. The first-order valence-electron chi connectivity index (χ1n) is 5.40. The van der Waals surface area contributed by atoms with Crippen LogP contribution in [-0.4, -0.2) is 22.8 Å². The molecule has 1 fully saturated rings. The van der Waals surface area contributed by atoms with E-state index < -0.39 is 0 Å². The van der Waals surface area contributed by atoms with E-state index in [0.717, 1.165) is 37.1 Å². The van der Waals surface area contributed by atoms with Crippen LogP contribution >= 0.6 is 0 Å². The third kappa shape index (κ3) is 1.11. The fraction of sp³-hybridized carbons (Fsp3) is 0.545. The number of nitrogens with one attached hydrogen (secondary N) is 1. The van der Waals surface area contributed by atoms with Crippen molar-refractivity contribution in [3.05, 3.63) is 17.6 Å². The number of hydrogen-bond donors (Lipinski definition) is 1. The molecule has 1 aromatic heterocycles. The summed E-state index contributed by atoms with van der Waals surface area (Å²) in [5.41, 5.74) is 1.79. The van der Waals surface area contributed by atoms with Gasteiger partial charge in [0, 0.05) is 17.5 Å². The molecule has 2 aliphatic rings. The van der Waals surface area contributed by atoms with Gasteiger partial charge in [-0.2, -0.15) is 0 Å². The van der Waals surface area contributed by atoms with Gasteiger partial charge in [0.05, 0.1) is 0 Å². The molecule has 1 N–H and O–H groups in total. The minimum absolute atomic E-state index is 0.146. The first-order chi connectivity index (χ1) is 7.36. The van der Waals surface area contributed by atoms with E-state index in [0.29, 0.717) is 5.69 Å². The van der Waals surface area contributed by atoms with E-state index in [-0.39, 0.29) is 5.41 Å². The highest BCUT2D eigenvalue weighted by molar-refractivity contribution is 5.79. The predicted octanol–water partition coefficient (Wildman–Crippen LogP) is 1.53. The third-order valence-corrected chi connectivity index (χ3v) is 3.67. The zero-order chi connectivity index (χ0) is 10.3. The number of anilines is 1. The standard InChI is InChI=1S/C11H13N3O/c15-5-8-9-10(14-7-13-8)12-6-11(9)3-1-2-4-11/h5,7H,1-4,6H2,(H,12,13,14). The van der Waals surface area contributed by atoms with Crippen molar-refractivity contribution in [3.8, 4) is 0 Å². The van der Waals surface area contributed by atoms with Crippen LogP contribution in [0.15, 0.2) is 6.33 Å². The molecule has 0 bridgehead atoms. The molecular formula is C11H13N3O. The van der Waals surface area contributed by atoms with Gasteiger partial charge >= 0.3 is 0 Å². The van der Waals surface area contributed by atoms with Crippen LogP contribution in [0.4, 0.5) is 5.82 Å². The van der Waals surface area contributed by atoms with Crippen LogP contribution in [0, 0.1) is 0 Å². The molecule has 1 aliphatic carbocycles. The topological polar surface area (TPSA) is 54.9 Å². The summed E-state index contributed by atoms with van der Waals surface area (Å²) in [7, 11) is 0. The molecule has 0 aromatic carbocycles. The van der Waals surface area contributed by atoms with Crippen LogP contribution in [0.2, 0.25) is 0 Å². The van der Waals surface area contributed by atoms with Gasteiger partial charge < -0.3 is 5.32 Å². The minimum atomic E-state index is 0.146. The van der Waals surface area contributed by atoms with E-state index in [1.807, 2.05) is 0 Å². The second-order valence-corrected chi connectivity index (χ2v) is 4.44. The van der Waals surface area contributed by atoms with E-state index in [9.17, 15) is 4.79 Å². The van der Waals surface area contributed by atoms with Crippen LogP contribution in [-0.2, 0) is 5.41 Å². The second-order valence-electron chi connectivity index (χ2n) is 4.44. The number of fused-ring (bicyclic) bond motifs is 2. The fourth-order valence-corrected chi connectivity index (χ4v) is 2.97. The SMILES string of the molecule is O=Cc1ncnc2c1C1(CCCC1)CN2. The summed E-state index contributed by atoms with van der Waals surface area (Å²) in [4.78, 5) is 19.3. The largest absolute Gasteiger partial charge is 0.369 e. The highest BCUT2D eigenvalue weighted by Crippen LogP contribution is 2.47. The van der Waals surface area contributed by atoms with Gasteiger partial charge in [-0.3, -0.25) is 4.79 Å². The van der Waals surface area contributed by atoms with Gasteiger partial charge in [0.2, 0.25) is 0 Å². The number of aromatic nitrogens is 2. The summed E-state index contributed by atoms with van der Waals surface area (Å²) in [6.45, 7) is 0.919. The summed E-state index contributed by atoms with van der Waals surface area (Å²) >= 11 is 0. The van der Waals surface area contributed by atoms with Crippen molar-refractivity contribution in [3.63, 3.8) is 0 Å².